The van der Waals surface area contributed by atoms with Gasteiger partial charge in [0, 0.05) is 0 Å². The van der Waals surface area contributed by atoms with Crippen molar-refractivity contribution < 1.29 is 45.0 Å². The van der Waals surface area contributed by atoms with Gasteiger partial charge < -0.3 is 46.9 Å². The van der Waals surface area contributed by atoms with Gasteiger partial charge in [-0.2, -0.15) is 0 Å². The smallest absolute Gasteiger partial charge is 0.321 e. The van der Waals surface area contributed by atoms with E-state index in [1.165, 1.54) is 0 Å². The number of carbonyl (C=O) groups is 3. The summed E-state index contributed by atoms with van der Waals surface area (Å²) >= 11 is 0. The van der Waals surface area contributed by atoms with Crippen LogP contribution in [-0.4, -0.2) is 85.9 Å². The third kappa shape index (κ3) is 9.84. The van der Waals surface area contributed by atoms with Crippen LogP contribution in [0.5, 0.6) is 0 Å². The van der Waals surface area contributed by atoms with Crippen LogP contribution in [0.15, 0.2) is 0 Å². The molecule has 0 fully saturated rings. The Labute approximate surface area is 119 Å². The van der Waals surface area contributed by atoms with E-state index in [1.54, 1.807) is 0 Å². The van der Waals surface area contributed by atoms with Gasteiger partial charge in [0.05, 0.1) is 13.0 Å². The van der Waals surface area contributed by atoms with Crippen molar-refractivity contribution in [3.05, 3.63) is 0 Å². The highest BCUT2D eigenvalue weighted by Crippen LogP contribution is 2.02. The predicted molar refractivity (Wildman–Crippen MR) is 66.6 cm³/mol. The van der Waals surface area contributed by atoms with Crippen LogP contribution < -0.4 is 11.5 Å². The monoisotopic (exact) mass is 312 g/mol. The maximum atomic E-state index is 9.99. The second-order valence-electron chi connectivity index (χ2n) is 3.97. The van der Waals surface area contributed by atoms with E-state index in [9.17, 15) is 14.4 Å². The molecule has 0 saturated heterocycles. The van der Waals surface area contributed by atoms with E-state index in [0.29, 0.717) is 0 Å². The lowest BCUT2D eigenvalue weighted by Gasteiger charge is -2.22. The number of amides is 1. The standard InChI is InChI=1S/C6H12O6.C4H8N2O3/c7-1-3(9)5(11)6(12)4(10)2-8;5-2(4(8)9)1-3(6)7/h1,3-6,8-12H,2H2;2H,1,5H2,(H2,6,7)(H,8,9)/t3-,4+,5+,6+;/m0./s1. The summed E-state index contributed by atoms with van der Waals surface area (Å²) in [5.74, 6) is -1.92. The molecular weight excluding hydrogens is 292 g/mol. The van der Waals surface area contributed by atoms with Crippen LogP contribution in [0, 0.1) is 0 Å². The first kappa shape index (κ1) is 21.7. The summed E-state index contributed by atoms with van der Waals surface area (Å²) in [6.45, 7) is -0.760. The molecular formula is C10H20N2O9. The molecule has 0 rings (SSSR count). The fraction of sp³-hybridized carbons (Fsp3) is 0.700. The average molecular weight is 312 g/mol. The second kappa shape index (κ2) is 11.1. The Morgan fingerprint density at radius 1 is 1.10 bits per heavy atom. The number of aliphatic carboxylic acids is 1. The number of carbonyl (C=O) groups excluding carboxylic acids is 2. The second-order valence-corrected chi connectivity index (χ2v) is 3.97. The summed E-state index contributed by atoms with van der Waals surface area (Å²) in [4.78, 5) is 29.8. The van der Waals surface area contributed by atoms with Gasteiger partial charge in [0.2, 0.25) is 5.91 Å². The lowest BCUT2D eigenvalue weighted by molar-refractivity contribution is -0.140. The summed E-state index contributed by atoms with van der Waals surface area (Å²) in [5, 5.41) is 51.6. The van der Waals surface area contributed by atoms with Crippen LogP contribution in [-0.2, 0) is 14.4 Å². The zero-order valence-electron chi connectivity index (χ0n) is 10.9. The van der Waals surface area contributed by atoms with Crippen molar-refractivity contribution in [1.29, 1.82) is 0 Å². The zero-order chi connectivity index (χ0) is 17.2. The molecule has 0 heterocycles. The fourth-order valence-electron chi connectivity index (χ4n) is 0.922. The molecule has 0 saturated carbocycles. The number of hydrogen-bond acceptors (Lipinski definition) is 9. The Bertz CT molecular complexity index is 338. The molecule has 21 heavy (non-hydrogen) atoms. The van der Waals surface area contributed by atoms with Gasteiger partial charge in [-0.3, -0.25) is 9.59 Å². The van der Waals surface area contributed by atoms with Crippen molar-refractivity contribution in [3.8, 4) is 0 Å². The van der Waals surface area contributed by atoms with Gasteiger partial charge in [-0.05, 0) is 0 Å². The molecule has 0 spiro atoms. The normalized spacial score (nSPS) is 17.4. The Morgan fingerprint density at radius 2 is 1.57 bits per heavy atom. The topological polar surface area (TPSA) is 225 Å². The lowest BCUT2D eigenvalue weighted by Crippen LogP contribution is -2.46. The number of aliphatic hydroxyl groups is 5. The summed E-state index contributed by atoms with van der Waals surface area (Å²) < 4.78 is 0. The van der Waals surface area contributed by atoms with E-state index < -0.39 is 48.9 Å². The molecule has 0 aliphatic rings. The minimum atomic E-state index is -1.79. The van der Waals surface area contributed by atoms with Crippen molar-refractivity contribution >= 4 is 18.2 Å². The van der Waals surface area contributed by atoms with E-state index in [4.69, 9.17) is 36.4 Å². The summed E-state index contributed by atoms with van der Waals surface area (Å²) in [5.41, 5.74) is 9.57. The van der Waals surface area contributed by atoms with E-state index in [0.717, 1.165) is 0 Å². The number of nitrogens with two attached hydrogens (primary N) is 2. The molecule has 1 amide bonds. The molecule has 0 aromatic rings. The molecule has 0 aromatic carbocycles. The zero-order valence-corrected chi connectivity index (χ0v) is 10.9. The Balaban J connectivity index is 0. The first-order valence-electron chi connectivity index (χ1n) is 5.63. The Morgan fingerprint density at radius 3 is 1.81 bits per heavy atom. The van der Waals surface area contributed by atoms with Gasteiger partial charge >= 0.3 is 5.97 Å². The van der Waals surface area contributed by atoms with E-state index in [1.807, 2.05) is 0 Å². The molecule has 0 aliphatic carbocycles. The van der Waals surface area contributed by atoms with Gasteiger partial charge in [-0.15, -0.1) is 0 Å². The van der Waals surface area contributed by atoms with Crippen molar-refractivity contribution in [3.63, 3.8) is 0 Å². The van der Waals surface area contributed by atoms with Crippen LogP contribution in [0.1, 0.15) is 6.42 Å². The van der Waals surface area contributed by atoms with Crippen LogP contribution >= 0.6 is 0 Å². The number of aliphatic hydroxyl groups excluding tert-OH is 5. The van der Waals surface area contributed by atoms with Crippen LogP contribution in [0.3, 0.4) is 0 Å². The third-order valence-corrected chi connectivity index (χ3v) is 2.16. The molecule has 5 atom stereocenters. The molecule has 11 heteroatoms. The average Bonchev–Trinajstić information content (AvgIpc) is 2.43. The van der Waals surface area contributed by atoms with Crippen LogP contribution in [0.25, 0.3) is 0 Å². The van der Waals surface area contributed by atoms with Gasteiger partial charge in [0.25, 0.3) is 0 Å². The van der Waals surface area contributed by atoms with Crippen molar-refractivity contribution in [2.75, 3.05) is 6.61 Å². The lowest BCUT2D eigenvalue weighted by atomic mass is 10.0. The fourth-order valence-corrected chi connectivity index (χ4v) is 0.922. The summed E-state index contributed by atoms with van der Waals surface area (Å²) in [7, 11) is 0. The predicted octanol–water partition coefficient (Wildman–Crippen LogP) is -5.11. The number of hydrogen-bond donors (Lipinski definition) is 8. The Kier molecular flexibility index (Phi) is 11.4. The minimum Gasteiger partial charge on any atom is -0.480 e. The Hall–Kier alpha value is -1.63. The van der Waals surface area contributed by atoms with Crippen LogP contribution in [0.2, 0.25) is 0 Å². The minimum absolute atomic E-state index is 0.0258. The number of carboxylic acids is 1. The highest BCUT2D eigenvalue weighted by molar-refractivity contribution is 5.83. The van der Waals surface area contributed by atoms with E-state index in [2.05, 4.69) is 5.73 Å². The molecule has 124 valence electrons. The molecule has 11 nitrogen and oxygen atoms in total. The third-order valence-electron chi connectivity index (χ3n) is 2.16. The van der Waals surface area contributed by atoms with Gasteiger partial charge in [-0.1, -0.05) is 0 Å². The molecule has 0 radical (unpaired) electrons. The molecule has 0 aromatic heterocycles. The van der Waals surface area contributed by atoms with E-state index in [-0.39, 0.29) is 12.7 Å². The van der Waals surface area contributed by atoms with Gasteiger partial charge in [-0.25, -0.2) is 0 Å². The first-order valence-corrected chi connectivity index (χ1v) is 5.63. The van der Waals surface area contributed by atoms with Crippen LogP contribution in [0.4, 0.5) is 0 Å². The van der Waals surface area contributed by atoms with Crippen molar-refractivity contribution in [2.24, 2.45) is 11.5 Å². The molecule has 0 bridgehead atoms. The maximum Gasteiger partial charge on any atom is 0.321 e. The maximum absolute atomic E-state index is 9.99. The first-order chi connectivity index (χ1) is 9.58. The van der Waals surface area contributed by atoms with Crippen molar-refractivity contribution in [1.82, 2.24) is 0 Å². The highest BCUT2D eigenvalue weighted by Gasteiger charge is 2.29. The molecule has 0 aliphatic heterocycles. The summed E-state index contributed by atoms with van der Waals surface area (Å²) in [6, 6.07) is -1.16. The van der Waals surface area contributed by atoms with Crippen molar-refractivity contribution in [2.45, 2.75) is 36.9 Å². The highest BCUT2D eigenvalue weighted by atomic mass is 16.4. The quantitative estimate of drug-likeness (QED) is 0.199. The molecule has 10 N–H and O–H groups in total. The van der Waals surface area contributed by atoms with Gasteiger partial charge in [0.15, 0.2) is 6.29 Å². The summed E-state index contributed by atoms with van der Waals surface area (Å²) in [6.07, 6.45) is -7.15. The van der Waals surface area contributed by atoms with Gasteiger partial charge in [0.1, 0.15) is 30.5 Å². The number of carboxylic acid groups (broad SMARTS) is 1. The largest absolute Gasteiger partial charge is 0.480 e. The van der Waals surface area contributed by atoms with E-state index >= 15 is 0 Å². The number of primary amides is 1. The number of aldehydes is 1. The SMILES string of the molecule is NC(=O)CC(N)C(=O)O.O=C[C@H](O)[C@@H](O)[C@H](O)[C@H](O)CO. The molecule has 1 unspecified atom stereocenters. The number of rotatable bonds is 8.